The highest BCUT2D eigenvalue weighted by molar-refractivity contribution is 9.10. The van der Waals surface area contributed by atoms with Crippen molar-refractivity contribution in [1.29, 1.82) is 0 Å². The molecular formula is C34H31BrN2O8S. The summed E-state index contributed by atoms with van der Waals surface area (Å²) in [6.45, 7) is 6.11. The number of esters is 1. The van der Waals surface area contributed by atoms with Crippen molar-refractivity contribution in [2.24, 2.45) is 4.99 Å². The first kappa shape index (κ1) is 32.7. The maximum Gasteiger partial charge on any atom is 0.338 e. The molecule has 0 bridgehead atoms. The van der Waals surface area contributed by atoms with Gasteiger partial charge < -0.3 is 24.1 Å². The summed E-state index contributed by atoms with van der Waals surface area (Å²) in [6.07, 6.45) is 1.76. The predicted octanol–water partition coefficient (Wildman–Crippen LogP) is 5.25. The highest BCUT2D eigenvalue weighted by Gasteiger charge is 2.35. The summed E-state index contributed by atoms with van der Waals surface area (Å²) >= 11 is 4.85. The number of thiazole rings is 1. The number of methoxy groups -OCH3 is 1. The van der Waals surface area contributed by atoms with Crippen LogP contribution >= 0.6 is 27.3 Å². The molecule has 1 aliphatic rings. The van der Waals surface area contributed by atoms with E-state index in [1.165, 1.54) is 29.1 Å². The van der Waals surface area contributed by atoms with Crippen LogP contribution in [-0.4, -0.2) is 41.9 Å². The van der Waals surface area contributed by atoms with Crippen molar-refractivity contribution in [3.63, 3.8) is 0 Å². The van der Waals surface area contributed by atoms with E-state index in [0.29, 0.717) is 48.9 Å². The lowest BCUT2D eigenvalue weighted by Gasteiger charge is -2.26. The SMILES string of the molecule is CCOC(=O)C1=C(C)N=c2s/c(=C/c3ccc(OCc4cccc(C(=O)O)c4)cc3)c(=O)n2[C@@H]1c1cc(OC)c(OCC)cc1Br. The van der Waals surface area contributed by atoms with E-state index in [4.69, 9.17) is 18.9 Å². The zero-order valence-electron chi connectivity index (χ0n) is 25.5. The zero-order valence-corrected chi connectivity index (χ0v) is 27.9. The quantitative estimate of drug-likeness (QED) is 0.210. The van der Waals surface area contributed by atoms with Gasteiger partial charge in [-0.1, -0.05) is 51.5 Å². The maximum atomic E-state index is 14.0. The van der Waals surface area contributed by atoms with Gasteiger partial charge in [-0.05, 0) is 79.9 Å². The topological polar surface area (TPSA) is 126 Å². The number of ether oxygens (including phenoxy) is 4. The standard InChI is InChI=1S/C34H31BrN2O8S/c1-5-43-27-17-25(35)24(16-26(27)42-4)30-29(33(41)44-6-2)19(3)36-34-37(30)31(38)28(46-34)15-20-10-12-23(13-11-20)45-18-21-8-7-9-22(14-21)32(39)40/h7-17,30H,5-6,18H2,1-4H3,(H,39,40)/b28-15+/t30-/m1/s1. The summed E-state index contributed by atoms with van der Waals surface area (Å²) in [5.74, 6) is 0.00267. The van der Waals surface area contributed by atoms with Crippen LogP contribution in [0.3, 0.4) is 0 Å². The van der Waals surface area contributed by atoms with Crippen molar-refractivity contribution in [1.82, 2.24) is 4.57 Å². The zero-order chi connectivity index (χ0) is 33.0. The fraction of sp³-hybridized carbons (Fsp3) is 0.235. The number of benzene rings is 3. The van der Waals surface area contributed by atoms with Gasteiger partial charge in [0.15, 0.2) is 16.3 Å². The molecule has 0 unspecified atom stereocenters. The molecule has 0 saturated carbocycles. The molecule has 0 spiro atoms. The number of carboxylic acids is 1. The Morgan fingerprint density at radius 1 is 1.04 bits per heavy atom. The van der Waals surface area contributed by atoms with Gasteiger partial charge in [-0.15, -0.1) is 0 Å². The Morgan fingerprint density at radius 3 is 2.48 bits per heavy atom. The second-order valence-electron chi connectivity index (χ2n) is 10.1. The van der Waals surface area contributed by atoms with E-state index in [1.807, 2.05) is 19.1 Å². The molecule has 1 atom stereocenters. The first-order valence-corrected chi connectivity index (χ1v) is 16.0. The molecular weight excluding hydrogens is 676 g/mol. The van der Waals surface area contributed by atoms with E-state index in [0.717, 1.165) is 11.1 Å². The molecule has 10 nitrogen and oxygen atoms in total. The number of aromatic carboxylic acids is 1. The van der Waals surface area contributed by atoms with Gasteiger partial charge in [-0.2, -0.15) is 0 Å². The van der Waals surface area contributed by atoms with Gasteiger partial charge in [0.05, 0.1) is 47.7 Å². The van der Waals surface area contributed by atoms with E-state index in [-0.39, 0.29) is 29.9 Å². The minimum atomic E-state index is -0.998. The Labute approximate surface area is 277 Å². The third-order valence-electron chi connectivity index (χ3n) is 7.15. The number of hydrogen-bond donors (Lipinski definition) is 1. The van der Waals surface area contributed by atoms with Gasteiger partial charge in [-0.25, -0.2) is 14.6 Å². The van der Waals surface area contributed by atoms with Crippen LogP contribution in [0.5, 0.6) is 17.2 Å². The smallest absolute Gasteiger partial charge is 0.338 e. The van der Waals surface area contributed by atoms with Gasteiger partial charge in [-0.3, -0.25) is 9.36 Å². The second-order valence-corrected chi connectivity index (χ2v) is 12.0. The molecule has 1 aromatic heterocycles. The van der Waals surface area contributed by atoms with Crippen LogP contribution in [0, 0.1) is 0 Å². The molecule has 3 aromatic carbocycles. The molecule has 238 valence electrons. The van der Waals surface area contributed by atoms with Crippen molar-refractivity contribution < 1.29 is 33.6 Å². The fourth-order valence-electron chi connectivity index (χ4n) is 5.05. The van der Waals surface area contributed by atoms with Crippen LogP contribution in [0.4, 0.5) is 0 Å². The number of allylic oxidation sites excluding steroid dienone is 1. The first-order valence-electron chi connectivity index (χ1n) is 14.4. The molecule has 5 rings (SSSR count). The highest BCUT2D eigenvalue weighted by atomic mass is 79.9. The van der Waals surface area contributed by atoms with Crippen LogP contribution < -0.4 is 29.1 Å². The van der Waals surface area contributed by atoms with Gasteiger partial charge in [0.1, 0.15) is 12.4 Å². The number of aromatic nitrogens is 1. The number of nitrogens with zero attached hydrogens (tertiary/aromatic N) is 2. The normalized spacial score (nSPS) is 14.4. The minimum Gasteiger partial charge on any atom is -0.493 e. The van der Waals surface area contributed by atoms with E-state index in [9.17, 15) is 19.5 Å². The van der Waals surface area contributed by atoms with E-state index in [1.54, 1.807) is 62.4 Å². The maximum absolute atomic E-state index is 14.0. The summed E-state index contributed by atoms with van der Waals surface area (Å²) < 4.78 is 25.1. The lowest BCUT2D eigenvalue weighted by atomic mass is 9.95. The summed E-state index contributed by atoms with van der Waals surface area (Å²) in [7, 11) is 1.53. The minimum absolute atomic E-state index is 0.162. The van der Waals surface area contributed by atoms with Gasteiger partial charge >= 0.3 is 11.9 Å². The lowest BCUT2D eigenvalue weighted by Crippen LogP contribution is -2.40. The molecule has 0 saturated heterocycles. The number of carboxylic acid groups (broad SMARTS) is 1. The number of fused-ring (bicyclic) bond motifs is 1. The largest absolute Gasteiger partial charge is 0.493 e. The summed E-state index contributed by atoms with van der Waals surface area (Å²) in [6, 6.07) is 16.4. The van der Waals surface area contributed by atoms with Gasteiger partial charge in [0, 0.05) is 4.47 Å². The highest BCUT2D eigenvalue weighted by Crippen LogP contribution is 2.41. The van der Waals surface area contributed by atoms with Gasteiger partial charge in [0.2, 0.25) is 0 Å². The van der Waals surface area contributed by atoms with Crippen molar-refractivity contribution in [2.45, 2.75) is 33.4 Å². The Bertz CT molecular complexity index is 2010. The number of hydrogen-bond acceptors (Lipinski definition) is 9. The predicted molar refractivity (Wildman–Crippen MR) is 176 cm³/mol. The first-order chi connectivity index (χ1) is 22.1. The monoisotopic (exact) mass is 706 g/mol. The molecule has 0 radical (unpaired) electrons. The Morgan fingerprint density at radius 2 is 1.80 bits per heavy atom. The van der Waals surface area contributed by atoms with Crippen LogP contribution in [-0.2, 0) is 16.1 Å². The molecule has 1 aliphatic heterocycles. The third-order valence-corrected chi connectivity index (χ3v) is 8.82. The van der Waals surface area contributed by atoms with Crippen LogP contribution in [0.1, 0.15) is 53.9 Å². The summed E-state index contributed by atoms with van der Waals surface area (Å²) in [5, 5.41) is 9.22. The Kier molecular flexibility index (Phi) is 10.1. The van der Waals surface area contributed by atoms with Crippen LogP contribution in [0.15, 0.2) is 86.2 Å². The molecule has 0 amide bonds. The molecule has 12 heteroatoms. The second kappa shape index (κ2) is 14.2. The molecule has 1 N–H and O–H groups in total. The Balaban J connectivity index is 1.52. The van der Waals surface area contributed by atoms with E-state index >= 15 is 0 Å². The van der Waals surface area contributed by atoms with E-state index < -0.39 is 18.0 Å². The number of halogens is 1. The lowest BCUT2D eigenvalue weighted by molar-refractivity contribution is -0.139. The van der Waals surface area contributed by atoms with Gasteiger partial charge in [0.25, 0.3) is 5.56 Å². The molecule has 4 aromatic rings. The summed E-state index contributed by atoms with van der Waals surface area (Å²) in [5.41, 5.74) is 2.68. The van der Waals surface area contributed by atoms with Crippen molar-refractivity contribution >= 4 is 45.3 Å². The molecule has 0 aliphatic carbocycles. The van der Waals surface area contributed by atoms with E-state index in [2.05, 4.69) is 20.9 Å². The molecule has 0 fully saturated rings. The van der Waals surface area contributed by atoms with Crippen molar-refractivity contribution in [3.8, 4) is 17.2 Å². The number of rotatable bonds is 11. The van der Waals surface area contributed by atoms with Crippen LogP contribution in [0.2, 0.25) is 0 Å². The average Bonchev–Trinajstić information content (AvgIpc) is 3.34. The average molecular weight is 708 g/mol. The third kappa shape index (κ3) is 6.77. The fourth-order valence-corrected chi connectivity index (χ4v) is 6.63. The van der Waals surface area contributed by atoms with Crippen molar-refractivity contribution in [2.75, 3.05) is 20.3 Å². The molecule has 2 heterocycles. The molecule has 46 heavy (non-hydrogen) atoms. The number of carbonyl (C=O) groups excluding carboxylic acids is 1. The summed E-state index contributed by atoms with van der Waals surface area (Å²) in [4.78, 5) is 43.7. The van der Waals surface area contributed by atoms with Crippen LogP contribution in [0.25, 0.3) is 6.08 Å². The van der Waals surface area contributed by atoms with Crippen molar-refractivity contribution in [3.05, 3.63) is 118 Å². The Hall–Kier alpha value is -4.68. The number of carbonyl (C=O) groups is 2.